The first kappa shape index (κ1) is 78.6. The van der Waals surface area contributed by atoms with Gasteiger partial charge in [-0.05, 0) is 51.4 Å². The van der Waals surface area contributed by atoms with Crippen molar-refractivity contribution in [2.45, 2.75) is 412 Å². The summed E-state index contributed by atoms with van der Waals surface area (Å²) in [6.07, 6.45) is 87.7. The zero-order valence-electron chi connectivity index (χ0n) is 54.8. The Bertz CT molecular complexity index is 1350. The number of esters is 3. The van der Waals surface area contributed by atoms with Gasteiger partial charge >= 0.3 is 17.9 Å². The van der Waals surface area contributed by atoms with E-state index < -0.39 is 6.10 Å². The molecule has 0 radical (unpaired) electrons. The summed E-state index contributed by atoms with van der Waals surface area (Å²) in [5.74, 6) is -0.875. The van der Waals surface area contributed by atoms with E-state index in [1.54, 1.807) is 0 Å². The van der Waals surface area contributed by atoms with Crippen LogP contribution in [0, 0.1) is 0 Å². The van der Waals surface area contributed by atoms with E-state index >= 15 is 0 Å². The first-order valence-electron chi connectivity index (χ1n) is 36.5. The summed E-state index contributed by atoms with van der Waals surface area (Å²) in [5.41, 5.74) is 0. The van der Waals surface area contributed by atoms with Crippen LogP contribution in [0.3, 0.4) is 0 Å². The van der Waals surface area contributed by atoms with Gasteiger partial charge in [0.1, 0.15) is 13.2 Å². The van der Waals surface area contributed by atoms with Crippen LogP contribution < -0.4 is 0 Å². The van der Waals surface area contributed by atoms with Gasteiger partial charge in [-0.15, -0.1) is 0 Å². The van der Waals surface area contributed by atoms with E-state index in [9.17, 15) is 14.4 Å². The lowest BCUT2D eigenvalue weighted by atomic mass is 10.0. The van der Waals surface area contributed by atoms with Crippen molar-refractivity contribution in [2.24, 2.45) is 0 Å². The molecule has 0 aromatic carbocycles. The van der Waals surface area contributed by atoms with Crippen molar-refractivity contribution >= 4 is 17.9 Å². The number of carbonyl (C=O) groups excluding carboxylic acids is 3. The normalized spacial score (nSPS) is 12.2. The largest absolute Gasteiger partial charge is 0.462 e. The molecule has 6 nitrogen and oxygen atoms in total. The van der Waals surface area contributed by atoms with E-state index in [0.29, 0.717) is 19.3 Å². The van der Waals surface area contributed by atoms with Gasteiger partial charge in [0.25, 0.3) is 0 Å². The molecule has 0 aliphatic rings. The predicted octanol–water partition coefficient (Wildman–Crippen LogP) is 25.1. The molecule has 476 valence electrons. The highest BCUT2D eigenvalue weighted by atomic mass is 16.6. The molecule has 0 rings (SSSR count). The number of hydrogen-bond acceptors (Lipinski definition) is 6. The highest BCUT2D eigenvalue weighted by molar-refractivity contribution is 5.71. The van der Waals surface area contributed by atoms with Crippen molar-refractivity contribution in [2.75, 3.05) is 13.2 Å². The third kappa shape index (κ3) is 68.3. The van der Waals surface area contributed by atoms with Crippen LogP contribution >= 0.6 is 0 Å². The molecule has 0 aliphatic carbocycles. The van der Waals surface area contributed by atoms with Gasteiger partial charge in [0.15, 0.2) is 6.10 Å². The Morgan fingerprint density at radius 3 is 0.753 bits per heavy atom. The van der Waals surface area contributed by atoms with Gasteiger partial charge in [-0.2, -0.15) is 0 Å². The fourth-order valence-electron chi connectivity index (χ4n) is 11.2. The molecule has 0 bridgehead atoms. The Morgan fingerprint density at radius 1 is 0.259 bits per heavy atom. The summed E-state index contributed by atoms with van der Waals surface area (Å²) < 4.78 is 17.0. The molecule has 81 heavy (non-hydrogen) atoms. The van der Waals surface area contributed by atoms with E-state index in [4.69, 9.17) is 14.2 Å². The van der Waals surface area contributed by atoms with Crippen molar-refractivity contribution < 1.29 is 28.6 Å². The molecule has 0 heterocycles. The lowest BCUT2D eigenvalue weighted by Gasteiger charge is -2.18. The van der Waals surface area contributed by atoms with Gasteiger partial charge in [0.2, 0.25) is 0 Å². The monoisotopic (exact) mass is 1140 g/mol. The zero-order chi connectivity index (χ0) is 58.5. The Labute approximate surface area is 506 Å². The fourth-order valence-corrected chi connectivity index (χ4v) is 11.2. The molecular weight excluding hydrogens is 997 g/mol. The molecule has 0 aromatic heterocycles. The summed E-state index contributed by atoms with van der Waals surface area (Å²) in [5, 5.41) is 0. The molecular formula is C75H140O6. The van der Waals surface area contributed by atoms with Gasteiger partial charge < -0.3 is 14.2 Å². The van der Waals surface area contributed by atoms with Gasteiger partial charge in [0, 0.05) is 19.3 Å². The molecule has 0 amide bonds. The fraction of sp³-hybridized carbons (Fsp3) is 0.880. The van der Waals surface area contributed by atoms with E-state index in [0.717, 1.165) is 83.5 Å². The lowest BCUT2D eigenvalue weighted by Crippen LogP contribution is -2.30. The van der Waals surface area contributed by atoms with Crippen molar-refractivity contribution in [3.05, 3.63) is 36.5 Å². The third-order valence-electron chi connectivity index (χ3n) is 16.7. The molecule has 0 saturated carbocycles. The maximum absolute atomic E-state index is 13.0. The molecule has 0 saturated heterocycles. The summed E-state index contributed by atoms with van der Waals surface area (Å²) in [6, 6.07) is 0. The smallest absolute Gasteiger partial charge is 0.306 e. The molecule has 6 heteroatoms. The molecule has 0 aromatic rings. The van der Waals surface area contributed by atoms with Gasteiger partial charge in [0.05, 0.1) is 0 Å². The van der Waals surface area contributed by atoms with Gasteiger partial charge in [-0.1, -0.05) is 372 Å². The second-order valence-corrected chi connectivity index (χ2v) is 24.8. The van der Waals surface area contributed by atoms with E-state index in [2.05, 4.69) is 57.2 Å². The lowest BCUT2D eigenvalue weighted by molar-refractivity contribution is -0.167. The second-order valence-electron chi connectivity index (χ2n) is 24.8. The molecule has 0 N–H and O–H groups in total. The van der Waals surface area contributed by atoms with Crippen LogP contribution in [0.4, 0.5) is 0 Å². The first-order valence-corrected chi connectivity index (χ1v) is 36.5. The SMILES string of the molecule is CC/C=C\C/C=C\C/C=C\CCCCCC(=O)OCC(COC(=O)CCCCCCCCCCCCCCCCCCCCCCCCCCCC)OC(=O)CCCCCCCCCCCCCCCCCCCCCCCCCC. The second kappa shape index (κ2) is 70.1. The predicted molar refractivity (Wildman–Crippen MR) is 353 cm³/mol. The van der Waals surface area contributed by atoms with Crippen LogP contribution in [-0.4, -0.2) is 37.2 Å². The molecule has 0 spiro atoms. The Morgan fingerprint density at radius 2 is 0.481 bits per heavy atom. The van der Waals surface area contributed by atoms with Crippen molar-refractivity contribution in [1.82, 2.24) is 0 Å². The van der Waals surface area contributed by atoms with Crippen LogP contribution in [0.2, 0.25) is 0 Å². The average molecular weight is 1140 g/mol. The number of unbranched alkanes of at least 4 members (excludes halogenated alkanes) is 51. The molecule has 0 aliphatic heterocycles. The summed E-state index contributed by atoms with van der Waals surface area (Å²) in [4.78, 5) is 38.4. The first-order chi connectivity index (χ1) is 40.0. The number of carbonyl (C=O) groups is 3. The summed E-state index contributed by atoms with van der Waals surface area (Å²) in [6.45, 7) is 6.59. The Hall–Kier alpha value is -2.37. The standard InChI is InChI=1S/C75H140O6/c1-4-7-10-13-16-19-22-25-27-29-31-33-35-37-38-40-41-43-45-47-50-53-56-59-62-65-68-74(77)80-71-72(70-79-73(76)67-64-61-58-55-52-49-24-21-18-15-12-9-6-3)81-75(78)69-66-63-60-57-54-51-48-46-44-42-39-36-34-32-30-28-26-23-20-17-14-11-8-5-2/h9,12,18,21,49,52,72H,4-8,10-11,13-17,19-20,22-48,50-51,53-71H2,1-3H3/b12-9-,21-18-,52-49-. The Kier molecular flexibility index (Phi) is 68.1. The van der Waals surface area contributed by atoms with Crippen LogP contribution in [-0.2, 0) is 28.6 Å². The summed E-state index contributed by atoms with van der Waals surface area (Å²) >= 11 is 0. The minimum Gasteiger partial charge on any atom is -0.462 e. The highest BCUT2D eigenvalue weighted by Gasteiger charge is 2.19. The highest BCUT2D eigenvalue weighted by Crippen LogP contribution is 2.19. The molecule has 1 unspecified atom stereocenters. The summed E-state index contributed by atoms with van der Waals surface area (Å²) in [7, 11) is 0. The topological polar surface area (TPSA) is 78.9 Å². The number of ether oxygens (including phenoxy) is 3. The van der Waals surface area contributed by atoms with Crippen molar-refractivity contribution in [1.29, 1.82) is 0 Å². The third-order valence-corrected chi connectivity index (χ3v) is 16.7. The minimum absolute atomic E-state index is 0.0757. The van der Waals surface area contributed by atoms with Crippen molar-refractivity contribution in [3.63, 3.8) is 0 Å². The molecule has 0 fully saturated rings. The van der Waals surface area contributed by atoms with Crippen LogP contribution in [0.5, 0.6) is 0 Å². The number of rotatable bonds is 68. The quantitative estimate of drug-likeness (QED) is 0.0261. The minimum atomic E-state index is -0.782. The maximum atomic E-state index is 13.0. The number of allylic oxidation sites excluding steroid dienone is 6. The number of hydrogen-bond donors (Lipinski definition) is 0. The average Bonchev–Trinajstić information content (AvgIpc) is 3.46. The van der Waals surface area contributed by atoms with Gasteiger partial charge in [-0.25, -0.2) is 0 Å². The van der Waals surface area contributed by atoms with Crippen LogP contribution in [0.15, 0.2) is 36.5 Å². The van der Waals surface area contributed by atoms with E-state index in [1.807, 2.05) is 0 Å². The van der Waals surface area contributed by atoms with Crippen molar-refractivity contribution in [3.8, 4) is 0 Å². The van der Waals surface area contributed by atoms with E-state index in [1.165, 1.54) is 283 Å². The van der Waals surface area contributed by atoms with Gasteiger partial charge in [-0.3, -0.25) is 14.4 Å². The zero-order valence-corrected chi connectivity index (χ0v) is 54.8. The van der Waals surface area contributed by atoms with E-state index in [-0.39, 0.29) is 31.1 Å². The van der Waals surface area contributed by atoms with Crippen LogP contribution in [0.1, 0.15) is 406 Å². The van der Waals surface area contributed by atoms with Crippen LogP contribution in [0.25, 0.3) is 0 Å². The molecule has 1 atom stereocenters. The maximum Gasteiger partial charge on any atom is 0.306 e. The Balaban J connectivity index is 4.20.